The molecule has 1 aliphatic heterocycles. The third-order valence-corrected chi connectivity index (χ3v) is 8.38. The Morgan fingerprint density at radius 1 is 1.06 bits per heavy atom. The van der Waals surface area contributed by atoms with E-state index >= 15 is 0 Å². The van der Waals surface area contributed by atoms with E-state index < -0.39 is 32.4 Å². The van der Waals surface area contributed by atoms with E-state index in [0.29, 0.717) is 52.2 Å². The number of rotatable bonds is 12. The number of nitrogens with zero attached hydrogens (tertiary/aromatic N) is 4. The Labute approximate surface area is 316 Å². The van der Waals surface area contributed by atoms with Gasteiger partial charge >= 0.3 is 19.5 Å². The average Bonchev–Trinajstić information content (AvgIpc) is 3.30. The number of amides is 2. The van der Waals surface area contributed by atoms with Crippen LogP contribution in [0, 0.1) is 0 Å². The summed E-state index contributed by atoms with van der Waals surface area (Å²) in [5, 5.41) is 17.3. The number of hydrogen-bond donors (Lipinski definition) is 6. The molecule has 2 heterocycles. The highest BCUT2D eigenvalue weighted by molar-refractivity contribution is 7.98. The maximum absolute atomic E-state index is 12.7. The molecular weight excluding hydrogens is 760 g/mol. The summed E-state index contributed by atoms with van der Waals surface area (Å²) >= 11 is 13.6. The number of benzene rings is 1. The largest absolute Gasteiger partial charge is 0.480 e. The van der Waals surface area contributed by atoms with Gasteiger partial charge in [0.05, 0.1) is 25.1 Å². The average molecular weight is 805 g/mol. The minimum absolute atomic E-state index is 0.0550. The van der Waals surface area contributed by atoms with Crippen molar-refractivity contribution in [2.75, 3.05) is 47.8 Å². The van der Waals surface area contributed by atoms with E-state index in [2.05, 4.69) is 51.7 Å². The molecular formula is C32H44Cl2N7O9PS. The Bertz CT molecular complexity index is 1700. The van der Waals surface area contributed by atoms with Gasteiger partial charge in [0.15, 0.2) is 5.16 Å². The summed E-state index contributed by atoms with van der Waals surface area (Å²) in [6.07, 6.45) is 5.80. The highest BCUT2D eigenvalue weighted by Crippen LogP contribution is 2.37. The molecule has 0 spiro atoms. The first-order valence-corrected chi connectivity index (χ1v) is 19.8. The van der Waals surface area contributed by atoms with Crippen molar-refractivity contribution < 1.29 is 43.4 Å². The first-order chi connectivity index (χ1) is 24.3. The zero-order valence-corrected chi connectivity index (χ0v) is 32.9. The van der Waals surface area contributed by atoms with Crippen molar-refractivity contribution in [1.29, 1.82) is 0 Å². The minimum atomic E-state index is -4.10. The molecule has 2 aliphatic rings. The summed E-state index contributed by atoms with van der Waals surface area (Å²) in [5.41, 5.74) is 1.99. The van der Waals surface area contributed by atoms with Crippen molar-refractivity contribution in [3.05, 3.63) is 45.0 Å². The molecule has 6 N–H and O–H groups in total. The van der Waals surface area contributed by atoms with Crippen molar-refractivity contribution >= 4 is 90.0 Å². The molecule has 2 aromatic rings. The first kappa shape index (κ1) is 44.6. The van der Waals surface area contributed by atoms with Gasteiger partial charge in [-0.2, -0.15) is 15.0 Å². The quantitative estimate of drug-likeness (QED) is 0.0528. The molecule has 1 aliphatic carbocycles. The van der Waals surface area contributed by atoms with E-state index in [-0.39, 0.29) is 29.0 Å². The Hall–Kier alpha value is -3.57. The molecule has 20 heteroatoms. The van der Waals surface area contributed by atoms with Gasteiger partial charge in [0.1, 0.15) is 5.03 Å². The lowest BCUT2D eigenvalue weighted by Crippen LogP contribution is -2.31. The number of halogens is 2. The molecule has 0 atom stereocenters. The highest BCUT2D eigenvalue weighted by Gasteiger charge is 2.39. The summed E-state index contributed by atoms with van der Waals surface area (Å²) in [7, 11) is -4.10. The van der Waals surface area contributed by atoms with Gasteiger partial charge in [-0.15, -0.1) is 0 Å². The predicted molar refractivity (Wildman–Crippen MR) is 202 cm³/mol. The summed E-state index contributed by atoms with van der Waals surface area (Å²) in [5.74, 6) is -1.14. The van der Waals surface area contributed by atoms with E-state index in [1.54, 1.807) is 25.1 Å². The fraction of sp³-hybridized carbons (Fsp3) is 0.469. The number of thioether (sulfide) groups is 1. The number of aromatic nitrogens is 3. The van der Waals surface area contributed by atoms with E-state index in [1.807, 2.05) is 13.2 Å². The number of carbonyl (C=O) groups is 4. The van der Waals surface area contributed by atoms with Crippen LogP contribution in [0.3, 0.4) is 0 Å². The zero-order chi connectivity index (χ0) is 39.2. The zero-order valence-electron chi connectivity index (χ0n) is 29.7. The Morgan fingerprint density at radius 3 is 2.15 bits per heavy atom. The molecule has 286 valence electrons. The Morgan fingerprint density at radius 2 is 1.65 bits per heavy atom. The maximum atomic E-state index is 12.7. The standard InChI is InChI=1S/C19H17Cl2NO4.C10H19N5S.C3H8NO5P/c1-2-26-19(25)16(21)10-11-9-12(7-8-15(11)20)22-17(23)13-5-3-4-6-14(13)18(22)24;1-6-11-7-12-8(15-10(2,3)4)14-9(13-7)16-5;5-3(6)1-4-2-10(7,8)9/h7-10H,2-6H2,1H3;6H2,1-5H3,(H2,11,12,13,14,15);4H,1-2H2,(H,5,6)(H2,7,8,9)/b16-10-;;. The molecule has 0 saturated heterocycles. The number of anilines is 3. The summed E-state index contributed by atoms with van der Waals surface area (Å²) in [6, 6.07) is 4.74. The van der Waals surface area contributed by atoms with Crippen LogP contribution in [0.1, 0.15) is 65.9 Å². The van der Waals surface area contributed by atoms with Crippen molar-refractivity contribution in [3.8, 4) is 0 Å². The van der Waals surface area contributed by atoms with Crippen LogP contribution in [0.5, 0.6) is 0 Å². The van der Waals surface area contributed by atoms with Gasteiger partial charge in [-0.3, -0.25) is 24.3 Å². The molecule has 0 fully saturated rings. The van der Waals surface area contributed by atoms with Gasteiger partial charge in [-0.05, 0) is 96.4 Å². The lowest BCUT2D eigenvalue weighted by molar-refractivity contribution is -0.138. The second-order valence-corrected chi connectivity index (χ2v) is 15.3. The van der Waals surface area contributed by atoms with Crippen LogP contribution < -0.4 is 20.9 Å². The third-order valence-electron chi connectivity index (χ3n) is 6.59. The molecule has 4 rings (SSSR count). The Kier molecular flexibility index (Phi) is 17.7. The number of carbonyl (C=O) groups excluding carboxylic acids is 3. The van der Waals surface area contributed by atoms with E-state index in [4.69, 9.17) is 42.8 Å². The third kappa shape index (κ3) is 14.8. The van der Waals surface area contributed by atoms with Crippen LogP contribution in [-0.2, 0) is 28.5 Å². The molecule has 0 radical (unpaired) electrons. The number of hydrogen-bond acceptors (Lipinski definition) is 13. The van der Waals surface area contributed by atoms with Crippen LogP contribution in [-0.4, -0.2) is 91.4 Å². The smallest absolute Gasteiger partial charge is 0.349 e. The minimum Gasteiger partial charge on any atom is -0.480 e. The number of ether oxygens (including phenoxy) is 1. The van der Waals surface area contributed by atoms with Crippen molar-refractivity contribution in [1.82, 2.24) is 20.3 Å². The van der Waals surface area contributed by atoms with Crippen LogP contribution >= 0.6 is 42.6 Å². The molecule has 1 aromatic heterocycles. The van der Waals surface area contributed by atoms with E-state index in [9.17, 15) is 23.7 Å². The van der Waals surface area contributed by atoms with Gasteiger partial charge in [-0.25, -0.2) is 9.69 Å². The highest BCUT2D eigenvalue weighted by atomic mass is 35.5. The first-order valence-electron chi connectivity index (χ1n) is 16.0. The van der Waals surface area contributed by atoms with Gasteiger partial charge in [-0.1, -0.05) is 35.0 Å². The lowest BCUT2D eigenvalue weighted by Gasteiger charge is -2.20. The van der Waals surface area contributed by atoms with Crippen LogP contribution in [0.15, 0.2) is 39.5 Å². The number of carboxylic acids is 1. The van der Waals surface area contributed by atoms with Crippen LogP contribution in [0.25, 0.3) is 6.08 Å². The van der Waals surface area contributed by atoms with Crippen LogP contribution in [0.4, 0.5) is 17.6 Å². The van der Waals surface area contributed by atoms with Crippen LogP contribution in [0.2, 0.25) is 5.02 Å². The Balaban J connectivity index is 0.000000307. The molecule has 2 amide bonds. The number of aliphatic carboxylic acids is 1. The number of nitrogens with one attached hydrogen (secondary N) is 3. The number of carboxylic acid groups (broad SMARTS) is 1. The SMILES string of the molecule is CCNc1nc(NC(C)(C)C)nc(SC)n1.CCOC(=O)/C(Cl)=C/c1cc(N2C(=O)C3=C(CCCC3)C2=O)ccc1Cl.O=C(O)CNCP(=O)(O)O. The van der Waals surface area contributed by atoms with Crippen molar-refractivity contribution in [3.63, 3.8) is 0 Å². The predicted octanol–water partition coefficient (Wildman–Crippen LogP) is 5.26. The number of esters is 1. The van der Waals surface area contributed by atoms with Crippen molar-refractivity contribution in [2.45, 2.75) is 71.0 Å². The fourth-order valence-corrected chi connectivity index (χ4v) is 5.64. The molecule has 0 unspecified atom stereocenters. The monoisotopic (exact) mass is 803 g/mol. The molecule has 0 saturated carbocycles. The summed E-state index contributed by atoms with van der Waals surface area (Å²) in [6.45, 7) is 10.5. The lowest BCUT2D eigenvalue weighted by atomic mass is 9.93. The number of imide groups is 1. The van der Waals surface area contributed by atoms with Gasteiger partial charge in [0.25, 0.3) is 11.8 Å². The molecule has 1 aromatic carbocycles. The second kappa shape index (κ2) is 20.6. The van der Waals surface area contributed by atoms with E-state index in [0.717, 1.165) is 24.5 Å². The van der Waals surface area contributed by atoms with Gasteiger partial charge < -0.3 is 30.3 Å². The topological polar surface area (TPSA) is 233 Å². The van der Waals surface area contributed by atoms with Gasteiger partial charge in [0.2, 0.25) is 11.9 Å². The second-order valence-electron chi connectivity index (χ2n) is 12.0. The normalized spacial score (nSPS) is 14.5. The summed E-state index contributed by atoms with van der Waals surface area (Å²) in [4.78, 5) is 77.2. The molecule has 0 bridgehead atoms. The van der Waals surface area contributed by atoms with Gasteiger partial charge in [0, 0.05) is 28.3 Å². The molecule has 16 nitrogen and oxygen atoms in total. The fourth-order valence-electron chi connectivity index (χ4n) is 4.54. The van der Waals surface area contributed by atoms with E-state index in [1.165, 1.54) is 22.7 Å². The molecule has 52 heavy (non-hydrogen) atoms. The van der Waals surface area contributed by atoms with Crippen molar-refractivity contribution in [2.24, 2.45) is 0 Å². The maximum Gasteiger partial charge on any atom is 0.349 e. The summed E-state index contributed by atoms with van der Waals surface area (Å²) < 4.78 is 14.9.